The molecule has 0 saturated heterocycles. The summed E-state index contributed by atoms with van der Waals surface area (Å²) in [6.07, 6.45) is 1.03. The molecule has 1 amide bonds. The molecular weight excluding hydrogens is 351 g/mol. The van der Waals surface area contributed by atoms with Crippen molar-refractivity contribution in [1.29, 1.82) is 0 Å². The van der Waals surface area contributed by atoms with Crippen LogP contribution >= 0.6 is 23.2 Å². The van der Waals surface area contributed by atoms with E-state index in [0.717, 1.165) is 11.1 Å². The van der Waals surface area contributed by atoms with E-state index in [-0.39, 0.29) is 5.28 Å². The number of ether oxygens (including phenoxy) is 1. The summed E-state index contributed by atoms with van der Waals surface area (Å²) in [6.45, 7) is 5.73. The number of carbonyl (C=O) groups excluding carboxylic acids is 1. The van der Waals surface area contributed by atoms with Gasteiger partial charge in [0.2, 0.25) is 5.28 Å². The number of hydrogen-bond donors (Lipinski definition) is 2. The molecule has 1 aromatic carbocycles. The van der Waals surface area contributed by atoms with Crippen LogP contribution in [-0.2, 0) is 11.3 Å². The summed E-state index contributed by atoms with van der Waals surface area (Å²) in [7, 11) is 0. The molecule has 0 aliphatic heterocycles. The Morgan fingerprint density at radius 2 is 2.00 bits per heavy atom. The summed E-state index contributed by atoms with van der Waals surface area (Å²) in [4.78, 5) is 19.5. The van der Waals surface area contributed by atoms with Crippen LogP contribution in [0, 0.1) is 0 Å². The number of benzene rings is 1. The second-order valence-corrected chi connectivity index (χ2v) is 6.74. The van der Waals surface area contributed by atoms with E-state index >= 15 is 0 Å². The van der Waals surface area contributed by atoms with E-state index in [1.165, 1.54) is 0 Å². The van der Waals surface area contributed by atoms with Crippen LogP contribution < -0.4 is 10.9 Å². The Bertz CT molecular complexity index is 732. The number of hydrazine groups is 1. The third-order valence-electron chi connectivity index (χ3n) is 2.84. The predicted octanol–water partition coefficient (Wildman–Crippen LogP) is 3.98. The molecule has 2 rings (SSSR count). The third-order valence-corrected chi connectivity index (χ3v) is 3.38. The lowest BCUT2D eigenvalue weighted by atomic mass is 10.1. The second kappa shape index (κ2) is 7.79. The van der Waals surface area contributed by atoms with Gasteiger partial charge < -0.3 is 4.74 Å². The zero-order chi connectivity index (χ0) is 17.7. The lowest BCUT2D eigenvalue weighted by molar-refractivity contribution is 0.0497. The fourth-order valence-corrected chi connectivity index (χ4v) is 2.26. The molecule has 128 valence electrons. The van der Waals surface area contributed by atoms with Gasteiger partial charge in [0.25, 0.3) is 0 Å². The van der Waals surface area contributed by atoms with E-state index in [1.54, 1.807) is 39.1 Å². The van der Waals surface area contributed by atoms with Crippen LogP contribution in [0.5, 0.6) is 0 Å². The molecule has 0 bridgehead atoms. The fourth-order valence-electron chi connectivity index (χ4n) is 1.86. The highest BCUT2D eigenvalue weighted by molar-refractivity contribution is 6.31. The summed E-state index contributed by atoms with van der Waals surface area (Å²) >= 11 is 12.1. The number of halogens is 2. The van der Waals surface area contributed by atoms with Gasteiger partial charge in [0.1, 0.15) is 5.60 Å². The van der Waals surface area contributed by atoms with Crippen molar-refractivity contribution in [2.24, 2.45) is 0 Å². The van der Waals surface area contributed by atoms with Gasteiger partial charge in [-0.3, -0.25) is 5.43 Å². The van der Waals surface area contributed by atoms with E-state index in [0.29, 0.717) is 17.3 Å². The van der Waals surface area contributed by atoms with Gasteiger partial charge in [-0.1, -0.05) is 23.7 Å². The molecule has 0 saturated carbocycles. The van der Waals surface area contributed by atoms with Gasteiger partial charge in [-0.2, -0.15) is 0 Å². The fraction of sp³-hybridized carbons (Fsp3) is 0.312. The first-order valence-corrected chi connectivity index (χ1v) is 7.99. The molecule has 0 radical (unpaired) electrons. The highest BCUT2D eigenvalue weighted by atomic mass is 35.5. The van der Waals surface area contributed by atoms with Gasteiger partial charge in [0.05, 0.1) is 5.69 Å². The molecule has 2 N–H and O–H groups in total. The van der Waals surface area contributed by atoms with Crippen molar-refractivity contribution in [3.63, 3.8) is 0 Å². The lowest BCUT2D eigenvalue weighted by Gasteiger charge is -2.20. The van der Waals surface area contributed by atoms with Gasteiger partial charge in [0.15, 0.2) is 0 Å². The minimum absolute atomic E-state index is 0.177. The highest BCUT2D eigenvalue weighted by Crippen LogP contribution is 2.24. The molecule has 0 aliphatic rings. The quantitative estimate of drug-likeness (QED) is 0.630. The van der Waals surface area contributed by atoms with Crippen molar-refractivity contribution in [3.8, 4) is 11.3 Å². The van der Waals surface area contributed by atoms with Crippen molar-refractivity contribution in [2.75, 3.05) is 0 Å². The SMILES string of the molecule is CC(C)(C)OC(=O)NNCc1ccc(-c2ccnc(Cl)n2)cc1Cl. The maximum Gasteiger partial charge on any atom is 0.422 e. The van der Waals surface area contributed by atoms with Crippen molar-refractivity contribution in [1.82, 2.24) is 20.8 Å². The summed E-state index contributed by atoms with van der Waals surface area (Å²) in [6, 6.07) is 7.25. The first-order valence-electron chi connectivity index (χ1n) is 7.24. The number of hydrogen-bond acceptors (Lipinski definition) is 5. The molecule has 0 unspecified atom stereocenters. The van der Waals surface area contributed by atoms with Crippen LogP contribution in [0.15, 0.2) is 30.5 Å². The summed E-state index contributed by atoms with van der Waals surface area (Å²) in [5, 5.41) is 0.719. The van der Waals surface area contributed by atoms with Crippen LogP contribution in [0.1, 0.15) is 26.3 Å². The number of nitrogens with one attached hydrogen (secondary N) is 2. The third kappa shape index (κ3) is 5.63. The number of carbonyl (C=O) groups is 1. The Morgan fingerprint density at radius 3 is 2.62 bits per heavy atom. The van der Waals surface area contributed by atoms with E-state index in [2.05, 4.69) is 20.8 Å². The van der Waals surface area contributed by atoms with Gasteiger partial charge in [0, 0.05) is 23.3 Å². The minimum atomic E-state index is -0.552. The molecule has 1 aromatic heterocycles. The Balaban J connectivity index is 1.97. The first kappa shape index (κ1) is 18.4. The van der Waals surface area contributed by atoms with E-state index in [9.17, 15) is 4.79 Å². The molecule has 6 nitrogen and oxygen atoms in total. The summed E-state index contributed by atoms with van der Waals surface area (Å²) in [5.41, 5.74) is 7.01. The lowest BCUT2D eigenvalue weighted by Crippen LogP contribution is -2.40. The summed E-state index contributed by atoms with van der Waals surface area (Å²) in [5.74, 6) is 0. The molecule has 24 heavy (non-hydrogen) atoms. The van der Waals surface area contributed by atoms with E-state index < -0.39 is 11.7 Å². The van der Waals surface area contributed by atoms with Crippen molar-refractivity contribution in [2.45, 2.75) is 32.9 Å². The average Bonchev–Trinajstić information content (AvgIpc) is 2.47. The average molecular weight is 369 g/mol. The highest BCUT2D eigenvalue weighted by Gasteiger charge is 2.15. The summed E-state index contributed by atoms with van der Waals surface area (Å²) < 4.78 is 5.12. The van der Waals surface area contributed by atoms with Gasteiger partial charge >= 0.3 is 6.09 Å². The Hall–Kier alpha value is -1.89. The van der Waals surface area contributed by atoms with Crippen LogP contribution in [0.4, 0.5) is 4.79 Å². The molecule has 2 aromatic rings. The van der Waals surface area contributed by atoms with Gasteiger partial charge in [-0.05, 0) is 50.1 Å². The first-order chi connectivity index (χ1) is 11.2. The number of rotatable bonds is 4. The van der Waals surface area contributed by atoms with Crippen LogP contribution in [0.25, 0.3) is 11.3 Å². The van der Waals surface area contributed by atoms with E-state index in [4.69, 9.17) is 27.9 Å². The van der Waals surface area contributed by atoms with Gasteiger partial charge in [-0.25, -0.2) is 20.2 Å². The zero-order valence-corrected chi connectivity index (χ0v) is 15.1. The Labute approximate surface area is 150 Å². The van der Waals surface area contributed by atoms with Crippen LogP contribution in [0.2, 0.25) is 10.3 Å². The van der Waals surface area contributed by atoms with Crippen molar-refractivity contribution in [3.05, 3.63) is 46.3 Å². The molecule has 1 heterocycles. The smallest absolute Gasteiger partial charge is 0.422 e. The number of amides is 1. The van der Waals surface area contributed by atoms with E-state index in [1.807, 2.05) is 12.1 Å². The van der Waals surface area contributed by atoms with Crippen LogP contribution in [-0.4, -0.2) is 21.7 Å². The normalized spacial score (nSPS) is 11.2. The molecular formula is C16H18Cl2N4O2. The van der Waals surface area contributed by atoms with Crippen LogP contribution in [0.3, 0.4) is 0 Å². The molecule has 8 heteroatoms. The van der Waals surface area contributed by atoms with Crippen molar-refractivity contribution < 1.29 is 9.53 Å². The van der Waals surface area contributed by atoms with Gasteiger partial charge in [-0.15, -0.1) is 0 Å². The molecule has 0 fully saturated rings. The Morgan fingerprint density at radius 1 is 1.25 bits per heavy atom. The molecule has 0 atom stereocenters. The maximum atomic E-state index is 11.5. The number of aromatic nitrogens is 2. The molecule has 0 aliphatic carbocycles. The topological polar surface area (TPSA) is 76.1 Å². The zero-order valence-electron chi connectivity index (χ0n) is 13.6. The molecule has 0 spiro atoms. The monoisotopic (exact) mass is 368 g/mol. The standard InChI is InChI=1S/C16H18Cl2N4O2/c1-16(2,3)24-15(23)22-20-9-11-5-4-10(8-12(11)17)13-6-7-19-14(18)21-13/h4-8,20H,9H2,1-3H3,(H,22,23). The Kier molecular flexibility index (Phi) is 5.99. The predicted molar refractivity (Wildman–Crippen MR) is 93.7 cm³/mol. The second-order valence-electron chi connectivity index (χ2n) is 6.00. The van der Waals surface area contributed by atoms with Crippen molar-refractivity contribution >= 4 is 29.3 Å². The maximum absolute atomic E-state index is 11.5. The minimum Gasteiger partial charge on any atom is -0.443 e. The largest absolute Gasteiger partial charge is 0.443 e. The number of nitrogens with zero attached hydrogens (tertiary/aromatic N) is 2.